The smallest absolute Gasteiger partial charge is 0.253 e. The fourth-order valence-corrected chi connectivity index (χ4v) is 4.51. The lowest BCUT2D eigenvalue weighted by atomic mass is 10.1. The Hall–Kier alpha value is -2.41. The highest BCUT2D eigenvalue weighted by Gasteiger charge is 2.27. The van der Waals surface area contributed by atoms with Gasteiger partial charge in [0.25, 0.3) is 5.91 Å². The van der Waals surface area contributed by atoms with Gasteiger partial charge in [-0.15, -0.1) is 0 Å². The summed E-state index contributed by atoms with van der Waals surface area (Å²) < 4.78 is 22.9. The van der Waals surface area contributed by atoms with Gasteiger partial charge in [-0.05, 0) is 31.0 Å². The number of aromatic nitrogens is 1. The van der Waals surface area contributed by atoms with Gasteiger partial charge in [-0.2, -0.15) is 0 Å². The molecular weight excluding hydrogens is 338 g/mol. The van der Waals surface area contributed by atoms with Crippen molar-refractivity contribution in [1.82, 2.24) is 10.3 Å². The SMILES string of the molecule is Cc1cccc(CNC(=O)c2ccc(NC3CCS(=O)(=O)C3)nc2)c1. The van der Waals surface area contributed by atoms with E-state index in [1.54, 1.807) is 12.1 Å². The van der Waals surface area contributed by atoms with Gasteiger partial charge < -0.3 is 10.6 Å². The average Bonchev–Trinajstić information content (AvgIpc) is 2.92. The summed E-state index contributed by atoms with van der Waals surface area (Å²) in [6.45, 7) is 2.47. The molecular formula is C18H21N3O3S. The molecule has 1 aromatic heterocycles. The molecule has 1 aliphatic rings. The van der Waals surface area contributed by atoms with Crippen LogP contribution in [0, 0.1) is 6.92 Å². The molecule has 1 atom stereocenters. The number of aryl methyl sites for hydroxylation is 1. The van der Waals surface area contributed by atoms with Crippen LogP contribution in [0.5, 0.6) is 0 Å². The fourth-order valence-electron chi connectivity index (χ4n) is 2.84. The number of carbonyl (C=O) groups is 1. The number of anilines is 1. The first-order chi connectivity index (χ1) is 11.9. The number of rotatable bonds is 5. The molecule has 1 unspecified atom stereocenters. The number of pyridine rings is 1. The van der Waals surface area contributed by atoms with Crippen molar-refractivity contribution < 1.29 is 13.2 Å². The van der Waals surface area contributed by atoms with Crippen molar-refractivity contribution in [3.05, 3.63) is 59.3 Å². The maximum Gasteiger partial charge on any atom is 0.253 e. The molecule has 0 spiro atoms. The molecule has 1 aliphatic heterocycles. The predicted octanol–water partition coefficient (Wildman–Crippen LogP) is 1.92. The highest BCUT2D eigenvalue weighted by Crippen LogP contribution is 2.16. The first kappa shape index (κ1) is 17.4. The van der Waals surface area contributed by atoms with Gasteiger partial charge in [-0.1, -0.05) is 29.8 Å². The van der Waals surface area contributed by atoms with Crippen LogP contribution >= 0.6 is 0 Å². The molecule has 0 radical (unpaired) electrons. The zero-order valence-corrected chi connectivity index (χ0v) is 14.8. The van der Waals surface area contributed by atoms with E-state index in [1.807, 2.05) is 31.2 Å². The Morgan fingerprint density at radius 3 is 2.76 bits per heavy atom. The molecule has 25 heavy (non-hydrogen) atoms. The van der Waals surface area contributed by atoms with Crippen LogP contribution in [0.25, 0.3) is 0 Å². The molecule has 2 aromatic rings. The second-order valence-corrected chi connectivity index (χ2v) is 8.58. The summed E-state index contributed by atoms with van der Waals surface area (Å²) in [6, 6.07) is 11.2. The Morgan fingerprint density at radius 2 is 2.12 bits per heavy atom. The van der Waals surface area contributed by atoms with E-state index in [0.717, 1.165) is 11.1 Å². The summed E-state index contributed by atoms with van der Waals surface area (Å²) in [5.41, 5.74) is 2.66. The maximum absolute atomic E-state index is 12.2. The minimum absolute atomic E-state index is 0.113. The predicted molar refractivity (Wildman–Crippen MR) is 97.3 cm³/mol. The van der Waals surface area contributed by atoms with E-state index >= 15 is 0 Å². The standard InChI is InChI=1S/C18H21N3O3S/c1-13-3-2-4-14(9-13)10-20-18(22)15-5-6-17(19-11-15)21-16-7-8-25(23,24)12-16/h2-6,9,11,16H,7-8,10,12H2,1H3,(H,19,21)(H,20,22). The monoisotopic (exact) mass is 359 g/mol. The van der Waals surface area contributed by atoms with Crippen molar-refractivity contribution in [2.45, 2.75) is 25.9 Å². The summed E-state index contributed by atoms with van der Waals surface area (Å²) >= 11 is 0. The van der Waals surface area contributed by atoms with E-state index in [0.29, 0.717) is 24.3 Å². The number of carbonyl (C=O) groups excluding carboxylic acids is 1. The second kappa shape index (κ2) is 7.23. The van der Waals surface area contributed by atoms with Crippen LogP contribution in [0.15, 0.2) is 42.6 Å². The lowest BCUT2D eigenvalue weighted by Gasteiger charge is -2.12. The van der Waals surface area contributed by atoms with Gasteiger partial charge in [0.1, 0.15) is 5.82 Å². The Labute approximate surface area is 147 Å². The summed E-state index contributed by atoms with van der Waals surface area (Å²) in [5, 5.41) is 5.97. The van der Waals surface area contributed by atoms with Crippen LogP contribution in [-0.2, 0) is 16.4 Å². The molecule has 1 saturated heterocycles. The Kier molecular flexibility index (Phi) is 5.03. The molecule has 3 rings (SSSR count). The molecule has 0 bridgehead atoms. The van der Waals surface area contributed by atoms with E-state index in [-0.39, 0.29) is 23.5 Å². The van der Waals surface area contributed by atoms with E-state index in [9.17, 15) is 13.2 Å². The minimum Gasteiger partial charge on any atom is -0.366 e. The van der Waals surface area contributed by atoms with Crippen molar-refractivity contribution >= 4 is 21.6 Å². The van der Waals surface area contributed by atoms with E-state index in [2.05, 4.69) is 15.6 Å². The fraction of sp³-hybridized carbons (Fsp3) is 0.333. The topological polar surface area (TPSA) is 88.2 Å². The number of benzene rings is 1. The Bertz CT molecular complexity index is 863. The van der Waals surface area contributed by atoms with Crippen LogP contribution in [0.1, 0.15) is 27.9 Å². The summed E-state index contributed by atoms with van der Waals surface area (Å²) in [6.07, 6.45) is 2.08. The van der Waals surface area contributed by atoms with Crippen molar-refractivity contribution in [1.29, 1.82) is 0 Å². The Balaban J connectivity index is 1.55. The number of nitrogens with zero attached hydrogens (tertiary/aromatic N) is 1. The first-order valence-corrected chi connectivity index (χ1v) is 10.0. The number of sulfone groups is 1. The number of nitrogens with one attached hydrogen (secondary N) is 2. The molecule has 1 fully saturated rings. The zero-order valence-electron chi connectivity index (χ0n) is 14.0. The van der Waals surface area contributed by atoms with Gasteiger partial charge >= 0.3 is 0 Å². The van der Waals surface area contributed by atoms with Gasteiger partial charge in [-0.25, -0.2) is 13.4 Å². The number of hydrogen-bond donors (Lipinski definition) is 2. The van der Waals surface area contributed by atoms with Crippen molar-refractivity contribution in [2.75, 3.05) is 16.8 Å². The van der Waals surface area contributed by atoms with Crippen molar-refractivity contribution in [3.63, 3.8) is 0 Å². The first-order valence-electron chi connectivity index (χ1n) is 8.18. The lowest BCUT2D eigenvalue weighted by Crippen LogP contribution is -2.24. The third kappa shape index (κ3) is 4.79. The minimum atomic E-state index is -2.93. The maximum atomic E-state index is 12.2. The third-order valence-electron chi connectivity index (χ3n) is 4.15. The van der Waals surface area contributed by atoms with Crippen LogP contribution in [0.2, 0.25) is 0 Å². The van der Waals surface area contributed by atoms with Crippen LogP contribution < -0.4 is 10.6 Å². The van der Waals surface area contributed by atoms with E-state index < -0.39 is 9.84 Å². The highest BCUT2D eigenvalue weighted by molar-refractivity contribution is 7.91. The van der Waals surface area contributed by atoms with Crippen LogP contribution in [-0.4, -0.2) is 36.9 Å². The van der Waals surface area contributed by atoms with Crippen molar-refractivity contribution in [2.24, 2.45) is 0 Å². The zero-order chi connectivity index (χ0) is 17.9. The van der Waals surface area contributed by atoms with Gasteiger partial charge in [0.2, 0.25) is 0 Å². The van der Waals surface area contributed by atoms with Gasteiger partial charge in [-0.3, -0.25) is 4.79 Å². The lowest BCUT2D eigenvalue weighted by molar-refractivity contribution is 0.0950. The summed E-state index contributed by atoms with van der Waals surface area (Å²) in [7, 11) is -2.93. The summed E-state index contributed by atoms with van der Waals surface area (Å²) in [5.74, 6) is 0.735. The molecule has 7 heteroatoms. The molecule has 6 nitrogen and oxygen atoms in total. The molecule has 1 aromatic carbocycles. The molecule has 0 aliphatic carbocycles. The van der Waals surface area contributed by atoms with Crippen molar-refractivity contribution in [3.8, 4) is 0 Å². The molecule has 2 heterocycles. The van der Waals surface area contributed by atoms with Crippen LogP contribution in [0.3, 0.4) is 0 Å². The van der Waals surface area contributed by atoms with E-state index in [1.165, 1.54) is 6.20 Å². The molecule has 1 amide bonds. The van der Waals surface area contributed by atoms with Gasteiger partial charge in [0, 0.05) is 18.8 Å². The largest absolute Gasteiger partial charge is 0.366 e. The number of amides is 1. The third-order valence-corrected chi connectivity index (χ3v) is 5.91. The Morgan fingerprint density at radius 1 is 1.28 bits per heavy atom. The van der Waals surface area contributed by atoms with Gasteiger partial charge in [0.05, 0.1) is 17.1 Å². The molecule has 132 valence electrons. The summed E-state index contributed by atoms with van der Waals surface area (Å²) in [4.78, 5) is 16.4. The van der Waals surface area contributed by atoms with Crippen LogP contribution in [0.4, 0.5) is 5.82 Å². The number of hydrogen-bond acceptors (Lipinski definition) is 5. The normalized spacial score (nSPS) is 18.7. The molecule has 0 saturated carbocycles. The van der Waals surface area contributed by atoms with Gasteiger partial charge in [0.15, 0.2) is 9.84 Å². The average molecular weight is 359 g/mol. The second-order valence-electron chi connectivity index (χ2n) is 6.35. The molecule has 2 N–H and O–H groups in total. The van der Waals surface area contributed by atoms with E-state index in [4.69, 9.17) is 0 Å². The highest BCUT2D eigenvalue weighted by atomic mass is 32.2. The quantitative estimate of drug-likeness (QED) is 0.851.